The summed E-state index contributed by atoms with van der Waals surface area (Å²) in [6.07, 6.45) is -0.166. The van der Waals surface area contributed by atoms with Crippen LogP contribution >= 0.6 is 0 Å². The first-order valence-corrected chi connectivity index (χ1v) is 6.27. The first-order valence-electron chi connectivity index (χ1n) is 6.27. The van der Waals surface area contributed by atoms with Gasteiger partial charge in [-0.1, -0.05) is 30.3 Å². The Morgan fingerprint density at radius 2 is 2.00 bits per heavy atom. The fourth-order valence-electron chi connectivity index (χ4n) is 1.80. The zero-order valence-electron chi connectivity index (χ0n) is 11.1. The fourth-order valence-corrected chi connectivity index (χ4v) is 1.80. The predicted octanol–water partition coefficient (Wildman–Crippen LogP) is 2.53. The molecule has 0 amide bonds. The van der Waals surface area contributed by atoms with Gasteiger partial charge in [0.1, 0.15) is 11.9 Å². The molecule has 0 fully saturated rings. The average molecular weight is 258 g/mol. The summed E-state index contributed by atoms with van der Waals surface area (Å²) in [6.45, 7) is 4.49. The number of nitrogens with zero attached hydrogens (tertiary/aromatic N) is 2. The van der Waals surface area contributed by atoms with E-state index in [0.29, 0.717) is 18.2 Å². The van der Waals surface area contributed by atoms with Crippen molar-refractivity contribution >= 4 is 5.82 Å². The third kappa shape index (κ3) is 3.27. The van der Waals surface area contributed by atoms with Crippen LogP contribution in [0.4, 0.5) is 5.82 Å². The highest BCUT2D eigenvalue weighted by atomic mass is 16.5. The van der Waals surface area contributed by atoms with Gasteiger partial charge in [0.05, 0.1) is 5.69 Å². The number of hydrogen-bond donors (Lipinski definition) is 2. The maximum absolute atomic E-state index is 5.52. The van der Waals surface area contributed by atoms with E-state index >= 15 is 0 Å². The highest BCUT2D eigenvalue weighted by Crippen LogP contribution is 2.22. The van der Waals surface area contributed by atoms with Crippen LogP contribution in [0.3, 0.4) is 0 Å². The SMILES string of the molecule is CCOC(C)c1nc(NN)cc(-c2ccccc2)n1. The highest BCUT2D eigenvalue weighted by molar-refractivity contribution is 5.62. The van der Waals surface area contributed by atoms with Crippen molar-refractivity contribution in [2.24, 2.45) is 5.84 Å². The van der Waals surface area contributed by atoms with Gasteiger partial charge in [-0.2, -0.15) is 0 Å². The van der Waals surface area contributed by atoms with Gasteiger partial charge in [0.2, 0.25) is 0 Å². The third-order valence-corrected chi connectivity index (χ3v) is 2.74. The van der Waals surface area contributed by atoms with Crippen LogP contribution in [0.5, 0.6) is 0 Å². The van der Waals surface area contributed by atoms with Crippen molar-refractivity contribution < 1.29 is 4.74 Å². The average Bonchev–Trinajstić information content (AvgIpc) is 2.48. The molecule has 5 nitrogen and oxygen atoms in total. The largest absolute Gasteiger partial charge is 0.371 e. The molecule has 0 aliphatic carbocycles. The normalized spacial score (nSPS) is 12.2. The molecule has 5 heteroatoms. The minimum Gasteiger partial charge on any atom is -0.371 e. The van der Waals surface area contributed by atoms with E-state index in [0.717, 1.165) is 11.3 Å². The molecule has 0 saturated heterocycles. The molecule has 2 rings (SSSR count). The molecule has 19 heavy (non-hydrogen) atoms. The highest BCUT2D eigenvalue weighted by Gasteiger charge is 2.12. The molecule has 3 N–H and O–H groups in total. The Bertz CT molecular complexity index is 530. The molecular weight excluding hydrogens is 240 g/mol. The maximum Gasteiger partial charge on any atom is 0.159 e. The van der Waals surface area contributed by atoms with E-state index in [2.05, 4.69) is 15.4 Å². The van der Waals surface area contributed by atoms with Gasteiger partial charge in [0, 0.05) is 18.2 Å². The number of ether oxygens (including phenoxy) is 1. The first-order chi connectivity index (χ1) is 9.24. The van der Waals surface area contributed by atoms with Gasteiger partial charge in [-0.25, -0.2) is 15.8 Å². The molecule has 0 aliphatic heterocycles. The lowest BCUT2D eigenvalue weighted by atomic mass is 10.1. The van der Waals surface area contributed by atoms with E-state index in [1.165, 1.54) is 0 Å². The van der Waals surface area contributed by atoms with Gasteiger partial charge >= 0.3 is 0 Å². The second kappa shape index (κ2) is 6.26. The summed E-state index contributed by atoms with van der Waals surface area (Å²) in [5.41, 5.74) is 4.41. The molecule has 0 aliphatic rings. The summed E-state index contributed by atoms with van der Waals surface area (Å²) in [5.74, 6) is 6.66. The van der Waals surface area contributed by atoms with Gasteiger partial charge in [-0.05, 0) is 13.8 Å². The maximum atomic E-state index is 5.52. The lowest BCUT2D eigenvalue weighted by Crippen LogP contribution is -2.13. The molecule has 0 bridgehead atoms. The Labute approximate surface area is 112 Å². The minimum atomic E-state index is -0.166. The topological polar surface area (TPSA) is 73.1 Å². The van der Waals surface area contributed by atoms with Crippen LogP contribution in [0, 0.1) is 0 Å². The van der Waals surface area contributed by atoms with Crippen LogP contribution in [-0.4, -0.2) is 16.6 Å². The molecule has 0 radical (unpaired) electrons. The number of rotatable bonds is 5. The molecule has 0 spiro atoms. The van der Waals surface area contributed by atoms with Crippen LogP contribution in [0.1, 0.15) is 25.8 Å². The van der Waals surface area contributed by atoms with E-state index in [4.69, 9.17) is 10.6 Å². The molecule has 0 saturated carbocycles. The van der Waals surface area contributed by atoms with Crippen molar-refractivity contribution in [3.63, 3.8) is 0 Å². The summed E-state index contributed by atoms with van der Waals surface area (Å²) in [7, 11) is 0. The van der Waals surface area contributed by atoms with Crippen LogP contribution in [0.25, 0.3) is 11.3 Å². The van der Waals surface area contributed by atoms with E-state index < -0.39 is 0 Å². The van der Waals surface area contributed by atoms with E-state index in [-0.39, 0.29) is 6.10 Å². The molecule has 100 valence electrons. The molecular formula is C14H18N4O. The van der Waals surface area contributed by atoms with E-state index in [9.17, 15) is 0 Å². The minimum absolute atomic E-state index is 0.166. The third-order valence-electron chi connectivity index (χ3n) is 2.74. The smallest absolute Gasteiger partial charge is 0.159 e. The Morgan fingerprint density at radius 1 is 1.26 bits per heavy atom. The number of hydrogen-bond acceptors (Lipinski definition) is 5. The summed E-state index contributed by atoms with van der Waals surface area (Å²) < 4.78 is 5.52. The Hall–Kier alpha value is -1.98. The lowest BCUT2D eigenvalue weighted by molar-refractivity contribution is 0.0702. The molecule has 2 aromatic rings. The Morgan fingerprint density at radius 3 is 2.63 bits per heavy atom. The molecule has 1 unspecified atom stereocenters. The fraction of sp³-hybridized carbons (Fsp3) is 0.286. The van der Waals surface area contributed by atoms with Crippen molar-refractivity contribution in [2.75, 3.05) is 12.0 Å². The van der Waals surface area contributed by atoms with Crippen LogP contribution in [0.2, 0.25) is 0 Å². The summed E-state index contributed by atoms with van der Waals surface area (Å²) in [4.78, 5) is 8.86. The number of anilines is 1. The molecule has 1 heterocycles. The van der Waals surface area contributed by atoms with Gasteiger partial charge in [-0.15, -0.1) is 0 Å². The van der Waals surface area contributed by atoms with Crippen LogP contribution < -0.4 is 11.3 Å². The van der Waals surface area contributed by atoms with Crippen LogP contribution in [0.15, 0.2) is 36.4 Å². The van der Waals surface area contributed by atoms with Gasteiger partial charge < -0.3 is 10.2 Å². The monoisotopic (exact) mass is 258 g/mol. The van der Waals surface area contributed by atoms with E-state index in [1.807, 2.05) is 50.2 Å². The number of benzene rings is 1. The second-order valence-corrected chi connectivity index (χ2v) is 4.10. The number of aromatic nitrogens is 2. The quantitative estimate of drug-likeness (QED) is 0.637. The standard InChI is InChI=1S/C14H18N4O/c1-3-19-10(2)14-16-12(9-13(17-14)18-15)11-7-5-4-6-8-11/h4-10H,3,15H2,1-2H3,(H,16,17,18). The van der Waals surface area contributed by atoms with Gasteiger partial charge in [0.25, 0.3) is 0 Å². The van der Waals surface area contributed by atoms with Crippen molar-refractivity contribution in [3.05, 3.63) is 42.2 Å². The van der Waals surface area contributed by atoms with Crippen molar-refractivity contribution in [3.8, 4) is 11.3 Å². The number of hydrazine groups is 1. The molecule has 1 aromatic heterocycles. The lowest BCUT2D eigenvalue weighted by Gasteiger charge is -2.13. The first kappa shape index (κ1) is 13.5. The number of nitrogens with two attached hydrogens (primary N) is 1. The molecule has 1 aromatic carbocycles. The number of nitrogen functional groups attached to an aromatic ring is 1. The van der Waals surface area contributed by atoms with E-state index in [1.54, 1.807) is 0 Å². The second-order valence-electron chi connectivity index (χ2n) is 4.10. The van der Waals surface area contributed by atoms with Crippen molar-refractivity contribution in [2.45, 2.75) is 20.0 Å². The van der Waals surface area contributed by atoms with Gasteiger partial charge in [-0.3, -0.25) is 0 Å². The summed E-state index contributed by atoms with van der Waals surface area (Å²) in [5, 5.41) is 0. The Balaban J connectivity index is 2.42. The zero-order chi connectivity index (χ0) is 13.7. The summed E-state index contributed by atoms with van der Waals surface area (Å²) in [6, 6.07) is 11.7. The summed E-state index contributed by atoms with van der Waals surface area (Å²) >= 11 is 0. The van der Waals surface area contributed by atoms with Gasteiger partial charge in [0.15, 0.2) is 5.82 Å². The van der Waals surface area contributed by atoms with Crippen molar-refractivity contribution in [1.29, 1.82) is 0 Å². The zero-order valence-corrected chi connectivity index (χ0v) is 11.1. The number of nitrogens with one attached hydrogen (secondary N) is 1. The molecule has 1 atom stereocenters. The predicted molar refractivity (Wildman–Crippen MR) is 75.3 cm³/mol. The van der Waals surface area contributed by atoms with Crippen LogP contribution in [-0.2, 0) is 4.74 Å². The Kier molecular flexibility index (Phi) is 4.43. The van der Waals surface area contributed by atoms with Crippen molar-refractivity contribution in [1.82, 2.24) is 9.97 Å².